The predicted octanol–water partition coefficient (Wildman–Crippen LogP) is 3.69. The molecule has 0 aliphatic carbocycles. The molecule has 0 atom stereocenters. The molecule has 2 aromatic carbocycles. The summed E-state index contributed by atoms with van der Waals surface area (Å²) >= 11 is 6.26. The number of halogens is 1. The van der Waals surface area contributed by atoms with Crippen molar-refractivity contribution in [1.29, 1.82) is 0 Å². The lowest BCUT2D eigenvalue weighted by Gasteiger charge is -2.14. The topological polar surface area (TPSA) is 66.0 Å². The van der Waals surface area contributed by atoms with Crippen LogP contribution in [0.4, 0.5) is 0 Å². The highest BCUT2D eigenvalue weighted by Gasteiger charge is 2.15. The third-order valence-electron chi connectivity index (χ3n) is 3.68. The summed E-state index contributed by atoms with van der Waals surface area (Å²) in [5.41, 5.74) is 1.17. The van der Waals surface area contributed by atoms with E-state index >= 15 is 0 Å². The third-order valence-corrected chi connectivity index (χ3v) is 3.96. The van der Waals surface area contributed by atoms with Crippen molar-refractivity contribution in [1.82, 2.24) is 5.32 Å². The molecule has 0 saturated heterocycles. The van der Waals surface area contributed by atoms with Gasteiger partial charge < -0.3 is 24.3 Å². The molecular formula is C19H22ClNO5. The van der Waals surface area contributed by atoms with Crippen LogP contribution in [0.5, 0.6) is 23.0 Å². The van der Waals surface area contributed by atoms with E-state index in [0.717, 1.165) is 5.56 Å². The quantitative estimate of drug-likeness (QED) is 0.757. The Morgan fingerprint density at radius 3 is 2.38 bits per heavy atom. The van der Waals surface area contributed by atoms with Crippen molar-refractivity contribution in [2.24, 2.45) is 0 Å². The summed E-state index contributed by atoms with van der Waals surface area (Å²) in [4.78, 5) is 12.5. The van der Waals surface area contributed by atoms with Crippen LogP contribution < -0.4 is 24.3 Å². The Bertz CT molecular complexity index is 779. The molecule has 0 fully saturated rings. The van der Waals surface area contributed by atoms with E-state index in [0.29, 0.717) is 40.2 Å². The number of amides is 1. The normalized spacial score (nSPS) is 10.2. The zero-order chi connectivity index (χ0) is 19.1. The van der Waals surface area contributed by atoms with Gasteiger partial charge in [0.15, 0.2) is 11.5 Å². The monoisotopic (exact) mass is 379 g/mol. The van der Waals surface area contributed by atoms with Crippen LogP contribution in [0, 0.1) is 0 Å². The van der Waals surface area contributed by atoms with Gasteiger partial charge in [0.05, 0.1) is 38.5 Å². The van der Waals surface area contributed by atoms with Gasteiger partial charge in [-0.25, -0.2) is 0 Å². The molecule has 1 amide bonds. The van der Waals surface area contributed by atoms with E-state index in [1.165, 1.54) is 21.3 Å². The second-order valence-electron chi connectivity index (χ2n) is 5.29. The smallest absolute Gasteiger partial charge is 0.255 e. The molecule has 26 heavy (non-hydrogen) atoms. The highest BCUT2D eigenvalue weighted by molar-refractivity contribution is 6.32. The largest absolute Gasteiger partial charge is 0.497 e. The van der Waals surface area contributed by atoms with Gasteiger partial charge in [-0.3, -0.25) is 4.79 Å². The molecule has 0 aliphatic rings. The maximum Gasteiger partial charge on any atom is 0.255 e. The fourth-order valence-electron chi connectivity index (χ4n) is 2.43. The minimum atomic E-state index is -0.287. The number of carbonyl (C=O) groups excluding carboxylic acids is 1. The van der Waals surface area contributed by atoms with Crippen LogP contribution >= 0.6 is 11.6 Å². The van der Waals surface area contributed by atoms with Crippen molar-refractivity contribution in [3.05, 3.63) is 46.5 Å². The zero-order valence-electron chi connectivity index (χ0n) is 15.2. The van der Waals surface area contributed by atoms with Crippen molar-refractivity contribution < 1.29 is 23.7 Å². The summed E-state index contributed by atoms with van der Waals surface area (Å²) in [6.45, 7) is 2.61. The number of nitrogens with one attached hydrogen (secondary N) is 1. The van der Waals surface area contributed by atoms with E-state index in [4.69, 9.17) is 30.5 Å². The van der Waals surface area contributed by atoms with Crippen molar-refractivity contribution in [2.45, 2.75) is 13.5 Å². The summed E-state index contributed by atoms with van der Waals surface area (Å²) in [5, 5.41) is 3.27. The molecule has 7 heteroatoms. The molecule has 0 spiro atoms. The standard InChI is InChI=1S/C19H22ClNO5/c1-5-26-18-15(20)8-12(9-17(18)25-4)11-21-19(22)14-10-13(23-2)6-7-16(14)24-3/h6-10H,5,11H2,1-4H3,(H,21,22). The first-order valence-corrected chi connectivity index (χ1v) is 8.41. The molecular weight excluding hydrogens is 358 g/mol. The number of hydrogen-bond acceptors (Lipinski definition) is 5. The maximum atomic E-state index is 12.5. The number of hydrogen-bond donors (Lipinski definition) is 1. The zero-order valence-corrected chi connectivity index (χ0v) is 16.0. The van der Waals surface area contributed by atoms with Crippen LogP contribution in [0.2, 0.25) is 5.02 Å². The number of rotatable bonds is 8. The molecule has 2 aromatic rings. The lowest BCUT2D eigenvalue weighted by atomic mass is 10.1. The van der Waals surface area contributed by atoms with E-state index in [1.54, 1.807) is 30.3 Å². The number of benzene rings is 2. The molecule has 2 rings (SSSR count). The predicted molar refractivity (Wildman–Crippen MR) is 99.9 cm³/mol. The van der Waals surface area contributed by atoms with E-state index in [1.807, 2.05) is 6.92 Å². The molecule has 0 aromatic heterocycles. The Morgan fingerprint density at radius 1 is 1.04 bits per heavy atom. The first kappa shape index (κ1) is 19.7. The van der Waals surface area contributed by atoms with Crippen molar-refractivity contribution in [3.8, 4) is 23.0 Å². The van der Waals surface area contributed by atoms with Crippen LogP contribution in [-0.2, 0) is 6.54 Å². The van der Waals surface area contributed by atoms with Crippen LogP contribution in [0.3, 0.4) is 0 Å². The number of ether oxygens (including phenoxy) is 4. The summed E-state index contributed by atoms with van der Waals surface area (Å²) < 4.78 is 21.2. The Labute approximate surface area is 158 Å². The molecule has 6 nitrogen and oxygen atoms in total. The van der Waals surface area contributed by atoms with Crippen LogP contribution in [-0.4, -0.2) is 33.8 Å². The van der Waals surface area contributed by atoms with Crippen LogP contribution in [0.15, 0.2) is 30.3 Å². The molecule has 0 aliphatic heterocycles. The second kappa shape index (κ2) is 9.20. The number of carbonyl (C=O) groups is 1. The summed E-state index contributed by atoms with van der Waals surface area (Å²) in [7, 11) is 4.59. The summed E-state index contributed by atoms with van der Waals surface area (Å²) in [6.07, 6.45) is 0. The highest BCUT2D eigenvalue weighted by atomic mass is 35.5. The van der Waals surface area contributed by atoms with Crippen LogP contribution in [0.1, 0.15) is 22.8 Å². The van der Waals surface area contributed by atoms with Crippen molar-refractivity contribution >= 4 is 17.5 Å². The molecule has 0 bridgehead atoms. The van der Waals surface area contributed by atoms with Gasteiger partial charge in [0.1, 0.15) is 11.5 Å². The molecule has 0 unspecified atom stereocenters. The summed E-state index contributed by atoms with van der Waals surface area (Å²) in [5.74, 6) is 1.75. The Hall–Kier alpha value is -2.60. The minimum Gasteiger partial charge on any atom is -0.497 e. The first-order chi connectivity index (χ1) is 12.5. The SMILES string of the molecule is CCOc1c(Cl)cc(CNC(=O)c2cc(OC)ccc2OC)cc1OC. The fraction of sp³-hybridized carbons (Fsp3) is 0.316. The molecule has 140 valence electrons. The lowest BCUT2D eigenvalue weighted by molar-refractivity contribution is 0.0947. The van der Waals surface area contributed by atoms with Gasteiger partial charge >= 0.3 is 0 Å². The molecule has 0 saturated carbocycles. The van der Waals surface area contributed by atoms with Gasteiger partial charge in [0.25, 0.3) is 5.91 Å². The molecule has 1 N–H and O–H groups in total. The van der Waals surface area contributed by atoms with Gasteiger partial charge in [-0.1, -0.05) is 11.6 Å². The van der Waals surface area contributed by atoms with Crippen molar-refractivity contribution in [3.63, 3.8) is 0 Å². The minimum absolute atomic E-state index is 0.266. The summed E-state index contributed by atoms with van der Waals surface area (Å²) in [6, 6.07) is 8.55. The third kappa shape index (κ3) is 4.52. The average Bonchev–Trinajstić information content (AvgIpc) is 2.67. The van der Waals surface area contributed by atoms with Crippen LogP contribution in [0.25, 0.3) is 0 Å². The second-order valence-corrected chi connectivity index (χ2v) is 5.70. The number of methoxy groups -OCH3 is 3. The highest BCUT2D eigenvalue weighted by Crippen LogP contribution is 2.36. The Morgan fingerprint density at radius 2 is 1.77 bits per heavy atom. The van der Waals surface area contributed by atoms with Gasteiger partial charge in [0, 0.05) is 6.54 Å². The van der Waals surface area contributed by atoms with E-state index < -0.39 is 0 Å². The lowest BCUT2D eigenvalue weighted by Crippen LogP contribution is -2.23. The van der Waals surface area contributed by atoms with E-state index in [-0.39, 0.29) is 12.5 Å². The van der Waals surface area contributed by atoms with Gasteiger partial charge in [-0.05, 0) is 42.8 Å². The average molecular weight is 380 g/mol. The Balaban J connectivity index is 2.18. The van der Waals surface area contributed by atoms with E-state index in [2.05, 4.69) is 5.32 Å². The Kier molecular flexibility index (Phi) is 6.97. The fourth-order valence-corrected chi connectivity index (χ4v) is 2.72. The molecule has 0 radical (unpaired) electrons. The van der Waals surface area contributed by atoms with Gasteiger partial charge in [-0.2, -0.15) is 0 Å². The van der Waals surface area contributed by atoms with Crippen molar-refractivity contribution in [2.75, 3.05) is 27.9 Å². The van der Waals surface area contributed by atoms with E-state index in [9.17, 15) is 4.79 Å². The van der Waals surface area contributed by atoms with Gasteiger partial charge in [-0.15, -0.1) is 0 Å². The molecule has 0 heterocycles. The van der Waals surface area contributed by atoms with Gasteiger partial charge in [0.2, 0.25) is 0 Å². The maximum absolute atomic E-state index is 12.5. The first-order valence-electron chi connectivity index (χ1n) is 8.03.